The van der Waals surface area contributed by atoms with Crippen LogP contribution >= 0.6 is 0 Å². The maximum Gasteiger partial charge on any atom is 0.354 e. The van der Waals surface area contributed by atoms with Gasteiger partial charge in [-0.3, -0.25) is 4.94 Å². The Morgan fingerprint density at radius 2 is 2.11 bits per heavy atom. The largest absolute Gasteiger partial charge is 0.354 e. The number of carbonyl (C=O) groups is 1. The number of benzene rings is 1. The fourth-order valence-electron chi connectivity index (χ4n) is 1.77. The van der Waals surface area contributed by atoms with Crippen molar-refractivity contribution in [2.24, 2.45) is 5.92 Å². The average Bonchev–Trinajstić information content (AvgIpc) is 2.26. The summed E-state index contributed by atoms with van der Waals surface area (Å²) in [5.41, 5.74) is 0.830. The van der Waals surface area contributed by atoms with Crippen molar-refractivity contribution in [3.8, 4) is 0 Å². The Kier molecular flexibility index (Phi) is 3.36. The van der Waals surface area contributed by atoms with E-state index >= 15 is 0 Å². The van der Waals surface area contributed by atoms with Gasteiger partial charge in [-0.25, -0.2) is 13.2 Å². The van der Waals surface area contributed by atoms with Crippen LogP contribution < -0.4 is 0 Å². The lowest BCUT2D eigenvalue weighted by Crippen LogP contribution is -2.52. The maximum atomic E-state index is 12.1. The lowest BCUT2D eigenvalue weighted by atomic mass is 10.0. The van der Waals surface area contributed by atoms with Crippen molar-refractivity contribution in [3.63, 3.8) is 0 Å². The zero-order valence-corrected chi connectivity index (χ0v) is 10.5. The van der Waals surface area contributed by atoms with Gasteiger partial charge in [-0.1, -0.05) is 12.1 Å². The van der Waals surface area contributed by atoms with Crippen molar-refractivity contribution in [1.82, 2.24) is 4.31 Å². The van der Waals surface area contributed by atoms with E-state index in [0.29, 0.717) is 0 Å². The normalized spacial score (nSPS) is 17.2. The molecule has 0 bridgehead atoms. The Hall–Kier alpha value is -1.47. The van der Waals surface area contributed by atoms with Crippen molar-refractivity contribution in [2.75, 3.05) is 13.1 Å². The van der Waals surface area contributed by atoms with E-state index in [1.165, 1.54) is 6.07 Å². The Morgan fingerprint density at radius 3 is 2.67 bits per heavy atom. The first-order chi connectivity index (χ1) is 8.45. The van der Waals surface area contributed by atoms with E-state index in [9.17, 15) is 17.7 Å². The smallest absolute Gasteiger partial charge is 0.255 e. The summed E-state index contributed by atoms with van der Waals surface area (Å²) < 4.78 is 37.0. The van der Waals surface area contributed by atoms with Gasteiger partial charge in [-0.05, 0) is 24.6 Å². The molecule has 0 amide bonds. The molecule has 0 N–H and O–H groups in total. The Balaban J connectivity index is 2.13. The minimum Gasteiger partial charge on any atom is -0.255 e. The van der Waals surface area contributed by atoms with Crippen molar-refractivity contribution >= 4 is 16.0 Å². The van der Waals surface area contributed by atoms with Crippen molar-refractivity contribution in [3.05, 3.63) is 29.8 Å². The first-order valence-electron chi connectivity index (χ1n) is 5.34. The number of sulfonamides is 1. The third-order valence-corrected chi connectivity index (χ3v) is 4.71. The molecule has 1 fully saturated rings. The van der Waals surface area contributed by atoms with Crippen LogP contribution in [0.4, 0.5) is 4.53 Å². The molecule has 0 unspecified atom stereocenters. The molecule has 1 saturated heterocycles. The van der Waals surface area contributed by atoms with Crippen LogP contribution in [0, 0.1) is 12.8 Å². The molecule has 0 radical (unpaired) electrons. The van der Waals surface area contributed by atoms with Gasteiger partial charge >= 0.3 is 5.97 Å². The monoisotopic (exact) mass is 273 g/mol. The maximum absolute atomic E-state index is 12.1. The lowest BCUT2D eigenvalue weighted by molar-refractivity contribution is -0.192. The number of halogens is 1. The minimum atomic E-state index is -3.60. The molecule has 7 heteroatoms. The molecule has 98 valence electrons. The molecule has 18 heavy (non-hydrogen) atoms. The number of carbonyl (C=O) groups excluding carboxylic acids is 1. The molecule has 1 aliphatic rings. The summed E-state index contributed by atoms with van der Waals surface area (Å²) in [5.74, 6) is -1.74. The highest BCUT2D eigenvalue weighted by Gasteiger charge is 2.41. The highest BCUT2D eigenvalue weighted by atomic mass is 32.2. The fraction of sp³-hybridized carbons (Fsp3) is 0.364. The molecule has 0 atom stereocenters. The van der Waals surface area contributed by atoms with E-state index in [0.717, 1.165) is 9.87 Å². The van der Waals surface area contributed by atoms with Crippen molar-refractivity contribution in [2.45, 2.75) is 11.8 Å². The van der Waals surface area contributed by atoms with Gasteiger partial charge in [0.1, 0.15) is 0 Å². The number of hydrogen-bond acceptors (Lipinski definition) is 4. The zero-order valence-electron chi connectivity index (χ0n) is 9.67. The lowest BCUT2D eigenvalue weighted by Gasteiger charge is -2.35. The first-order valence-corrected chi connectivity index (χ1v) is 6.78. The second-order valence-corrected chi connectivity index (χ2v) is 6.17. The number of hydrogen-bond donors (Lipinski definition) is 0. The van der Waals surface area contributed by atoms with E-state index in [4.69, 9.17) is 0 Å². The molecule has 1 heterocycles. The zero-order chi connectivity index (χ0) is 13.3. The average molecular weight is 273 g/mol. The standard InChI is InChI=1S/C11H12FNO4S/c1-8-3-2-4-10(5-8)18(15,16)13-6-9(7-13)11(14)17-12/h2-5,9H,6-7H2,1H3. The fourth-order valence-corrected chi connectivity index (χ4v) is 3.41. The van der Waals surface area contributed by atoms with E-state index in [1.807, 2.05) is 0 Å². The molecule has 0 saturated carbocycles. The van der Waals surface area contributed by atoms with Crippen LogP contribution in [-0.4, -0.2) is 31.8 Å². The van der Waals surface area contributed by atoms with Gasteiger partial charge in [0, 0.05) is 17.6 Å². The minimum absolute atomic E-state index is 0.0426. The summed E-state index contributed by atoms with van der Waals surface area (Å²) >= 11 is 0. The Labute approximate surface area is 104 Å². The highest BCUT2D eigenvalue weighted by Crippen LogP contribution is 2.26. The molecule has 0 aliphatic carbocycles. The van der Waals surface area contributed by atoms with Gasteiger partial charge in [0.25, 0.3) is 0 Å². The third-order valence-electron chi connectivity index (χ3n) is 2.88. The first kappa shape index (κ1) is 13.0. The second kappa shape index (κ2) is 4.66. The predicted octanol–water partition coefficient (Wildman–Crippen LogP) is 1.04. The van der Waals surface area contributed by atoms with Gasteiger partial charge in [0.05, 0.1) is 10.8 Å². The summed E-state index contributed by atoms with van der Waals surface area (Å²) in [7, 11) is -3.60. The molecule has 2 rings (SSSR count). The summed E-state index contributed by atoms with van der Waals surface area (Å²) in [6.07, 6.45) is 0. The number of rotatable bonds is 3. The molecular weight excluding hydrogens is 261 g/mol. The summed E-state index contributed by atoms with van der Waals surface area (Å²) in [5, 5.41) is 0. The van der Waals surface area contributed by atoms with Crippen LogP contribution in [0.1, 0.15) is 5.56 Å². The number of aryl methyl sites for hydroxylation is 1. The topological polar surface area (TPSA) is 63.7 Å². The van der Waals surface area contributed by atoms with E-state index in [-0.39, 0.29) is 18.0 Å². The van der Waals surface area contributed by atoms with Crippen LogP contribution in [0.3, 0.4) is 0 Å². The molecular formula is C11H12FNO4S. The summed E-state index contributed by atoms with van der Waals surface area (Å²) in [4.78, 5) is 14.1. The summed E-state index contributed by atoms with van der Waals surface area (Å²) in [6, 6.07) is 6.48. The van der Waals surface area contributed by atoms with Gasteiger partial charge in [-0.2, -0.15) is 4.31 Å². The van der Waals surface area contributed by atoms with E-state index in [2.05, 4.69) is 4.94 Å². The van der Waals surface area contributed by atoms with Gasteiger partial charge in [0.15, 0.2) is 0 Å². The van der Waals surface area contributed by atoms with Crippen molar-refractivity contribution in [1.29, 1.82) is 0 Å². The van der Waals surface area contributed by atoms with Crippen LogP contribution in [0.25, 0.3) is 0 Å². The van der Waals surface area contributed by atoms with Gasteiger partial charge in [0.2, 0.25) is 10.0 Å². The van der Waals surface area contributed by atoms with E-state index < -0.39 is 21.9 Å². The van der Waals surface area contributed by atoms with Crippen LogP contribution in [0.5, 0.6) is 0 Å². The third kappa shape index (κ3) is 2.23. The Bertz CT molecular complexity index is 566. The van der Waals surface area contributed by atoms with Crippen LogP contribution in [-0.2, 0) is 19.8 Å². The molecule has 0 spiro atoms. The molecule has 1 aromatic carbocycles. The van der Waals surface area contributed by atoms with Crippen LogP contribution in [0.2, 0.25) is 0 Å². The Morgan fingerprint density at radius 1 is 1.44 bits per heavy atom. The van der Waals surface area contributed by atoms with Crippen molar-refractivity contribution < 1.29 is 22.7 Å². The van der Waals surface area contributed by atoms with Gasteiger partial charge in [-0.15, -0.1) is 0 Å². The highest BCUT2D eigenvalue weighted by molar-refractivity contribution is 7.89. The van der Waals surface area contributed by atoms with E-state index in [1.54, 1.807) is 25.1 Å². The predicted molar refractivity (Wildman–Crippen MR) is 60.6 cm³/mol. The number of nitrogens with zero attached hydrogens (tertiary/aromatic N) is 1. The second-order valence-electron chi connectivity index (χ2n) is 4.23. The molecule has 5 nitrogen and oxygen atoms in total. The quantitative estimate of drug-likeness (QED) is 0.825. The molecule has 1 aromatic rings. The molecule has 0 aromatic heterocycles. The van der Waals surface area contributed by atoms with Gasteiger partial charge < -0.3 is 0 Å². The molecule has 1 aliphatic heterocycles. The van der Waals surface area contributed by atoms with Crippen LogP contribution in [0.15, 0.2) is 29.2 Å². The summed E-state index contributed by atoms with van der Waals surface area (Å²) in [6.45, 7) is 1.70. The SMILES string of the molecule is Cc1cccc(S(=O)(=O)N2CC(C(=O)OF)C2)c1.